The Bertz CT molecular complexity index is 1660. The third-order valence-corrected chi connectivity index (χ3v) is 4.89. The SMILES string of the molecule is O=C(OCc1nnc2c(=O)[nH]ccn12)c1ccc2c(=O)n(-c3ccccc3)c(=O)[nH]c2c1. The van der Waals surface area contributed by atoms with Gasteiger partial charge in [0.05, 0.1) is 22.2 Å². The van der Waals surface area contributed by atoms with E-state index in [-0.39, 0.29) is 34.5 Å². The van der Waals surface area contributed by atoms with E-state index in [1.54, 1.807) is 36.5 Å². The molecule has 0 aliphatic heterocycles. The van der Waals surface area contributed by atoms with Gasteiger partial charge in [-0.1, -0.05) is 18.2 Å². The first kappa shape index (κ1) is 19.2. The predicted octanol–water partition coefficient (Wildman–Crippen LogP) is 0.767. The van der Waals surface area contributed by atoms with Crippen LogP contribution in [0.4, 0.5) is 0 Å². The first-order chi connectivity index (χ1) is 15.5. The molecule has 2 aromatic carbocycles. The summed E-state index contributed by atoms with van der Waals surface area (Å²) in [7, 11) is 0. The Labute approximate surface area is 177 Å². The van der Waals surface area contributed by atoms with E-state index in [0.717, 1.165) is 4.57 Å². The molecule has 0 atom stereocenters. The molecule has 5 aromatic rings. The van der Waals surface area contributed by atoms with Crippen LogP contribution in [0.3, 0.4) is 0 Å². The molecule has 2 N–H and O–H groups in total. The van der Waals surface area contributed by atoms with Gasteiger partial charge in [0.1, 0.15) is 0 Å². The topological polar surface area (TPSA) is 144 Å². The number of ether oxygens (including phenoxy) is 1. The largest absolute Gasteiger partial charge is 0.454 e. The van der Waals surface area contributed by atoms with Gasteiger partial charge in [-0.15, -0.1) is 10.2 Å². The normalized spacial score (nSPS) is 11.1. The minimum Gasteiger partial charge on any atom is -0.454 e. The van der Waals surface area contributed by atoms with Crippen molar-refractivity contribution >= 4 is 22.5 Å². The lowest BCUT2D eigenvalue weighted by atomic mass is 10.1. The van der Waals surface area contributed by atoms with E-state index in [1.165, 1.54) is 28.8 Å². The Kier molecular flexibility index (Phi) is 4.48. The van der Waals surface area contributed by atoms with Crippen LogP contribution in [0.5, 0.6) is 0 Å². The van der Waals surface area contributed by atoms with Crippen LogP contribution < -0.4 is 16.8 Å². The fourth-order valence-electron chi connectivity index (χ4n) is 3.36. The Hall–Kier alpha value is -4.80. The second kappa shape index (κ2) is 7.47. The van der Waals surface area contributed by atoms with E-state index in [1.807, 2.05) is 0 Å². The van der Waals surface area contributed by atoms with E-state index in [2.05, 4.69) is 20.2 Å². The number of H-pyrrole nitrogens is 2. The Morgan fingerprint density at radius 3 is 2.66 bits per heavy atom. The van der Waals surface area contributed by atoms with Crippen molar-refractivity contribution in [3.05, 3.63) is 104 Å². The smallest absolute Gasteiger partial charge is 0.338 e. The second-order valence-corrected chi connectivity index (χ2v) is 6.84. The Balaban J connectivity index is 1.45. The third kappa shape index (κ3) is 3.17. The van der Waals surface area contributed by atoms with Crippen LogP contribution in [0, 0.1) is 0 Å². The molecule has 0 spiro atoms. The highest BCUT2D eigenvalue weighted by Gasteiger charge is 2.15. The molecular weight excluding hydrogens is 416 g/mol. The summed E-state index contributed by atoms with van der Waals surface area (Å²) in [5, 5.41) is 7.86. The van der Waals surface area contributed by atoms with Crippen molar-refractivity contribution in [1.82, 2.24) is 29.1 Å². The van der Waals surface area contributed by atoms with E-state index in [4.69, 9.17) is 4.74 Å². The lowest BCUT2D eigenvalue weighted by molar-refractivity contribution is 0.0461. The zero-order valence-electron chi connectivity index (χ0n) is 16.3. The fourth-order valence-corrected chi connectivity index (χ4v) is 3.36. The number of esters is 1. The standard InChI is InChI=1S/C21H14N6O5/c28-18-17-25-24-16(26(17)9-8-22-18)11-32-20(30)12-6-7-14-15(10-12)23-21(31)27(19(14)29)13-4-2-1-3-5-13/h1-10H,11H2,(H,22,28)(H,23,31). The molecule has 11 nitrogen and oxygen atoms in total. The summed E-state index contributed by atoms with van der Waals surface area (Å²) in [6, 6.07) is 12.8. The van der Waals surface area contributed by atoms with Crippen molar-refractivity contribution in [3.63, 3.8) is 0 Å². The maximum atomic E-state index is 12.8. The van der Waals surface area contributed by atoms with Crippen molar-refractivity contribution in [2.75, 3.05) is 0 Å². The number of hydrogen-bond acceptors (Lipinski definition) is 7. The number of aromatic nitrogens is 6. The molecule has 0 radical (unpaired) electrons. The van der Waals surface area contributed by atoms with Crippen LogP contribution in [0.1, 0.15) is 16.2 Å². The molecule has 3 aromatic heterocycles. The molecule has 3 heterocycles. The van der Waals surface area contributed by atoms with Crippen molar-refractivity contribution in [2.45, 2.75) is 6.61 Å². The number of fused-ring (bicyclic) bond motifs is 2. The number of carbonyl (C=O) groups excluding carboxylic acids is 1. The molecule has 11 heteroatoms. The van der Waals surface area contributed by atoms with Gasteiger partial charge in [0, 0.05) is 12.4 Å². The summed E-state index contributed by atoms with van der Waals surface area (Å²) < 4.78 is 7.71. The van der Waals surface area contributed by atoms with E-state index < -0.39 is 22.8 Å². The van der Waals surface area contributed by atoms with Crippen LogP contribution in [-0.2, 0) is 11.3 Å². The number of aromatic amines is 2. The van der Waals surface area contributed by atoms with Gasteiger partial charge in [0.2, 0.25) is 5.65 Å². The monoisotopic (exact) mass is 430 g/mol. The summed E-state index contributed by atoms with van der Waals surface area (Å²) >= 11 is 0. The molecule has 32 heavy (non-hydrogen) atoms. The Morgan fingerprint density at radius 1 is 1.03 bits per heavy atom. The zero-order valence-corrected chi connectivity index (χ0v) is 16.3. The summed E-state index contributed by atoms with van der Waals surface area (Å²) in [5.41, 5.74) is -0.690. The maximum absolute atomic E-state index is 12.8. The quantitative estimate of drug-likeness (QED) is 0.401. The number of carbonyl (C=O) groups is 1. The summed E-state index contributed by atoms with van der Waals surface area (Å²) in [6.07, 6.45) is 2.96. The number of benzene rings is 2. The first-order valence-electron chi connectivity index (χ1n) is 9.46. The van der Waals surface area contributed by atoms with Gasteiger partial charge >= 0.3 is 11.7 Å². The molecular formula is C21H14N6O5. The average Bonchev–Trinajstić information content (AvgIpc) is 3.22. The molecule has 158 valence electrons. The summed E-state index contributed by atoms with van der Waals surface area (Å²) in [5.74, 6) is -0.430. The van der Waals surface area contributed by atoms with Crippen LogP contribution >= 0.6 is 0 Å². The van der Waals surface area contributed by atoms with Crippen molar-refractivity contribution in [2.24, 2.45) is 0 Å². The minimum absolute atomic E-state index is 0.0801. The van der Waals surface area contributed by atoms with Gasteiger partial charge in [0.15, 0.2) is 12.4 Å². The number of para-hydroxylation sites is 1. The van der Waals surface area contributed by atoms with E-state index in [0.29, 0.717) is 5.69 Å². The summed E-state index contributed by atoms with van der Waals surface area (Å²) in [4.78, 5) is 54.7. The van der Waals surface area contributed by atoms with Gasteiger partial charge in [-0.25, -0.2) is 14.2 Å². The molecule has 0 amide bonds. The third-order valence-electron chi connectivity index (χ3n) is 4.89. The Morgan fingerprint density at radius 2 is 1.84 bits per heavy atom. The van der Waals surface area contributed by atoms with Crippen LogP contribution in [-0.4, -0.2) is 35.1 Å². The maximum Gasteiger partial charge on any atom is 0.338 e. The van der Waals surface area contributed by atoms with Crippen LogP contribution in [0.25, 0.3) is 22.2 Å². The van der Waals surface area contributed by atoms with Gasteiger partial charge in [-0.05, 0) is 30.3 Å². The number of nitrogens with one attached hydrogen (secondary N) is 2. The first-order valence-corrected chi connectivity index (χ1v) is 9.46. The molecule has 0 aliphatic rings. The van der Waals surface area contributed by atoms with Gasteiger partial charge in [-0.2, -0.15) is 0 Å². The van der Waals surface area contributed by atoms with E-state index in [9.17, 15) is 19.2 Å². The number of rotatable bonds is 4. The van der Waals surface area contributed by atoms with Crippen LogP contribution in [0.15, 0.2) is 75.3 Å². The van der Waals surface area contributed by atoms with Crippen molar-refractivity contribution in [3.8, 4) is 5.69 Å². The van der Waals surface area contributed by atoms with Gasteiger partial charge < -0.3 is 14.7 Å². The number of hydrogen-bond donors (Lipinski definition) is 2. The van der Waals surface area contributed by atoms with E-state index >= 15 is 0 Å². The minimum atomic E-state index is -0.693. The average molecular weight is 430 g/mol. The molecule has 0 saturated carbocycles. The van der Waals surface area contributed by atoms with Crippen LogP contribution in [0.2, 0.25) is 0 Å². The summed E-state index contributed by atoms with van der Waals surface area (Å²) in [6.45, 7) is -0.229. The molecule has 0 unspecified atom stereocenters. The van der Waals surface area contributed by atoms with Crippen molar-refractivity contribution < 1.29 is 9.53 Å². The highest BCUT2D eigenvalue weighted by molar-refractivity contribution is 5.94. The fraction of sp³-hybridized carbons (Fsp3) is 0.0476. The number of nitrogens with zero attached hydrogens (tertiary/aromatic N) is 4. The molecule has 5 rings (SSSR count). The van der Waals surface area contributed by atoms with Crippen molar-refractivity contribution in [1.29, 1.82) is 0 Å². The predicted molar refractivity (Wildman–Crippen MR) is 113 cm³/mol. The molecule has 0 fully saturated rings. The lowest BCUT2D eigenvalue weighted by Gasteiger charge is -2.08. The highest BCUT2D eigenvalue weighted by atomic mass is 16.5. The van der Waals surface area contributed by atoms with Gasteiger partial charge in [0.25, 0.3) is 11.1 Å². The molecule has 0 bridgehead atoms. The van der Waals surface area contributed by atoms with Gasteiger partial charge in [-0.3, -0.25) is 14.0 Å². The highest BCUT2D eigenvalue weighted by Crippen LogP contribution is 2.12. The zero-order chi connectivity index (χ0) is 22.2. The second-order valence-electron chi connectivity index (χ2n) is 6.84. The lowest BCUT2D eigenvalue weighted by Crippen LogP contribution is -2.33. The molecule has 0 saturated heterocycles. The molecule has 0 aliphatic carbocycles.